The average Bonchev–Trinajstić information content (AvgIpc) is 2.96. The zero-order valence-electron chi connectivity index (χ0n) is 9.46. The van der Waals surface area contributed by atoms with Crippen molar-refractivity contribution in [3.05, 3.63) is 24.2 Å². The van der Waals surface area contributed by atoms with Crippen LogP contribution in [-0.2, 0) is 16.0 Å². The maximum Gasteiger partial charge on any atom is 0.308 e. The van der Waals surface area contributed by atoms with Gasteiger partial charge in [0.05, 0.1) is 12.2 Å². The third-order valence-corrected chi connectivity index (χ3v) is 3.06. The summed E-state index contributed by atoms with van der Waals surface area (Å²) in [5.41, 5.74) is 0. The first-order chi connectivity index (χ1) is 8.16. The van der Waals surface area contributed by atoms with E-state index in [0.717, 1.165) is 5.76 Å². The fourth-order valence-corrected chi connectivity index (χ4v) is 2.03. The van der Waals surface area contributed by atoms with Gasteiger partial charge in [-0.15, -0.1) is 0 Å². The number of carbonyl (C=O) groups is 2. The summed E-state index contributed by atoms with van der Waals surface area (Å²) in [6.45, 7) is 0.889. The van der Waals surface area contributed by atoms with Gasteiger partial charge in [-0.2, -0.15) is 0 Å². The first-order valence-corrected chi connectivity index (χ1v) is 5.70. The van der Waals surface area contributed by atoms with Crippen LogP contribution in [0.1, 0.15) is 18.6 Å². The Kier molecular flexibility index (Phi) is 3.46. The Balaban J connectivity index is 1.79. The molecule has 0 spiro atoms. The molecule has 1 fully saturated rings. The molecule has 1 saturated heterocycles. The molecule has 0 saturated carbocycles. The number of amides is 1. The predicted octanol–water partition coefficient (Wildman–Crippen LogP) is 1.15. The van der Waals surface area contributed by atoms with Crippen molar-refractivity contribution in [3.63, 3.8) is 0 Å². The van der Waals surface area contributed by atoms with Crippen molar-refractivity contribution >= 4 is 11.9 Å². The summed E-state index contributed by atoms with van der Waals surface area (Å²) in [7, 11) is 0. The third kappa shape index (κ3) is 2.87. The van der Waals surface area contributed by atoms with E-state index < -0.39 is 11.9 Å². The second-order valence-corrected chi connectivity index (χ2v) is 4.24. The van der Waals surface area contributed by atoms with Crippen molar-refractivity contribution in [1.82, 2.24) is 4.90 Å². The Hall–Kier alpha value is -1.78. The number of aryl methyl sites for hydroxylation is 1. The number of rotatable bonds is 4. The third-order valence-electron chi connectivity index (χ3n) is 3.06. The molecule has 1 aromatic heterocycles. The normalized spacial score (nSPS) is 19.5. The van der Waals surface area contributed by atoms with Crippen molar-refractivity contribution in [2.45, 2.75) is 19.3 Å². The molecule has 5 nitrogen and oxygen atoms in total. The van der Waals surface area contributed by atoms with E-state index in [1.54, 1.807) is 17.2 Å². The number of carboxylic acid groups (broad SMARTS) is 1. The van der Waals surface area contributed by atoms with Crippen LogP contribution in [0.5, 0.6) is 0 Å². The molecule has 0 aliphatic carbocycles. The Morgan fingerprint density at radius 1 is 1.53 bits per heavy atom. The van der Waals surface area contributed by atoms with Crippen LogP contribution in [0, 0.1) is 5.92 Å². The zero-order valence-corrected chi connectivity index (χ0v) is 9.46. The molecular weight excluding hydrogens is 222 g/mol. The highest BCUT2D eigenvalue weighted by Crippen LogP contribution is 2.17. The fourth-order valence-electron chi connectivity index (χ4n) is 2.03. The van der Waals surface area contributed by atoms with Crippen LogP contribution in [0.2, 0.25) is 0 Å². The maximum absolute atomic E-state index is 11.8. The highest BCUT2D eigenvalue weighted by atomic mass is 16.4. The van der Waals surface area contributed by atoms with Crippen molar-refractivity contribution in [1.29, 1.82) is 0 Å². The maximum atomic E-state index is 11.8. The standard InChI is InChI=1S/C12H15NO4/c14-11(4-3-10-2-1-7-17-10)13-6-5-9(8-13)12(15)16/h1-2,7,9H,3-6,8H2,(H,15,16). The van der Waals surface area contributed by atoms with Gasteiger partial charge in [0.25, 0.3) is 0 Å². The smallest absolute Gasteiger partial charge is 0.308 e. The highest BCUT2D eigenvalue weighted by molar-refractivity contribution is 5.78. The van der Waals surface area contributed by atoms with E-state index in [9.17, 15) is 9.59 Å². The second kappa shape index (κ2) is 5.03. The number of hydrogen-bond donors (Lipinski definition) is 1. The average molecular weight is 237 g/mol. The molecule has 1 atom stereocenters. The Bertz CT molecular complexity index is 399. The number of carboxylic acids is 1. The molecule has 2 heterocycles. The second-order valence-electron chi connectivity index (χ2n) is 4.24. The molecule has 1 aromatic rings. The minimum absolute atomic E-state index is 0.00477. The Morgan fingerprint density at radius 2 is 2.35 bits per heavy atom. The number of hydrogen-bond acceptors (Lipinski definition) is 3. The van der Waals surface area contributed by atoms with E-state index in [1.165, 1.54) is 0 Å². The molecule has 1 N–H and O–H groups in total. The van der Waals surface area contributed by atoms with Gasteiger partial charge >= 0.3 is 5.97 Å². The van der Waals surface area contributed by atoms with Crippen LogP contribution in [0.15, 0.2) is 22.8 Å². The summed E-state index contributed by atoms with van der Waals surface area (Å²) >= 11 is 0. The van der Waals surface area contributed by atoms with Crippen molar-refractivity contribution in [2.24, 2.45) is 5.92 Å². The molecule has 17 heavy (non-hydrogen) atoms. The minimum atomic E-state index is -0.814. The summed E-state index contributed by atoms with van der Waals surface area (Å²) in [5, 5.41) is 8.84. The predicted molar refractivity (Wildman–Crippen MR) is 59.4 cm³/mol. The highest BCUT2D eigenvalue weighted by Gasteiger charge is 2.30. The van der Waals surface area contributed by atoms with Crippen LogP contribution in [0.25, 0.3) is 0 Å². The molecule has 92 valence electrons. The summed E-state index contributed by atoms with van der Waals surface area (Å²) < 4.78 is 5.14. The van der Waals surface area contributed by atoms with Crippen molar-refractivity contribution < 1.29 is 19.1 Å². The van der Waals surface area contributed by atoms with Gasteiger partial charge in [0.1, 0.15) is 5.76 Å². The largest absolute Gasteiger partial charge is 0.481 e. The molecule has 1 unspecified atom stereocenters. The van der Waals surface area contributed by atoms with Crippen molar-refractivity contribution in [3.8, 4) is 0 Å². The van der Waals surface area contributed by atoms with Crippen molar-refractivity contribution in [2.75, 3.05) is 13.1 Å². The van der Waals surface area contributed by atoms with Gasteiger partial charge in [-0.1, -0.05) is 0 Å². The molecule has 5 heteroatoms. The summed E-state index contributed by atoms with van der Waals surface area (Å²) in [5.74, 6) is -0.425. The van der Waals surface area contributed by atoms with Crippen LogP contribution in [0.4, 0.5) is 0 Å². The molecule has 0 bridgehead atoms. The fraction of sp³-hybridized carbons (Fsp3) is 0.500. The summed E-state index contributed by atoms with van der Waals surface area (Å²) in [4.78, 5) is 24.2. The van der Waals surface area contributed by atoms with Crippen LogP contribution in [-0.4, -0.2) is 35.0 Å². The van der Waals surface area contributed by atoms with Gasteiger partial charge in [0.15, 0.2) is 0 Å². The SMILES string of the molecule is O=C(O)C1CCN(C(=O)CCc2ccco2)C1. The van der Waals surface area contributed by atoms with Gasteiger partial charge < -0.3 is 14.4 Å². The van der Waals surface area contributed by atoms with E-state index in [-0.39, 0.29) is 5.91 Å². The van der Waals surface area contributed by atoms with Crippen LogP contribution in [0.3, 0.4) is 0 Å². The van der Waals surface area contributed by atoms with E-state index in [2.05, 4.69) is 0 Å². The first kappa shape index (κ1) is 11.7. The molecule has 0 radical (unpaired) electrons. The molecule has 2 rings (SSSR count). The molecular formula is C12H15NO4. The zero-order chi connectivity index (χ0) is 12.3. The Labute approximate surface area is 99.0 Å². The van der Waals surface area contributed by atoms with Gasteiger partial charge in [-0.25, -0.2) is 0 Å². The van der Waals surface area contributed by atoms with Gasteiger partial charge in [-0.3, -0.25) is 9.59 Å². The number of nitrogens with zero attached hydrogens (tertiary/aromatic N) is 1. The lowest BCUT2D eigenvalue weighted by molar-refractivity contribution is -0.141. The Morgan fingerprint density at radius 3 is 2.94 bits per heavy atom. The lowest BCUT2D eigenvalue weighted by Gasteiger charge is -2.15. The topological polar surface area (TPSA) is 70.8 Å². The van der Waals surface area contributed by atoms with Crippen LogP contribution >= 0.6 is 0 Å². The van der Waals surface area contributed by atoms with E-state index in [1.807, 2.05) is 6.07 Å². The minimum Gasteiger partial charge on any atom is -0.481 e. The summed E-state index contributed by atoms with van der Waals surface area (Å²) in [6, 6.07) is 3.62. The monoisotopic (exact) mass is 237 g/mol. The van der Waals surface area contributed by atoms with Gasteiger partial charge in [0.2, 0.25) is 5.91 Å². The quantitative estimate of drug-likeness (QED) is 0.852. The van der Waals surface area contributed by atoms with E-state index >= 15 is 0 Å². The lowest BCUT2D eigenvalue weighted by atomic mass is 10.1. The summed E-state index contributed by atoms with van der Waals surface area (Å²) in [6.07, 6.45) is 3.08. The number of likely N-dealkylation sites (tertiary alicyclic amines) is 1. The molecule has 1 aliphatic heterocycles. The molecule has 1 amide bonds. The van der Waals surface area contributed by atoms with E-state index in [4.69, 9.17) is 9.52 Å². The number of furan rings is 1. The number of aliphatic carboxylic acids is 1. The number of carbonyl (C=O) groups excluding carboxylic acids is 1. The van der Waals surface area contributed by atoms with Gasteiger partial charge in [-0.05, 0) is 18.6 Å². The lowest BCUT2D eigenvalue weighted by Crippen LogP contribution is -2.30. The van der Waals surface area contributed by atoms with E-state index in [0.29, 0.717) is 32.4 Å². The first-order valence-electron chi connectivity index (χ1n) is 5.70. The molecule has 0 aromatic carbocycles. The molecule has 1 aliphatic rings. The van der Waals surface area contributed by atoms with Gasteiger partial charge in [0, 0.05) is 25.9 Å². The van der Waals surface area contributed by atoms with Crippen LogP contribution < -0.4 is 0 Å².